The number of nitrogen functional groups attached to an aromatic ring is 1. The van der Waals surface area contributed by atoms with Gasteiger partial charge in [0, 0.05) is 30.1 Å². The molecule has 1 heterocycles. The van der Waals surface area contributed by atoms with Gasteiger partial charge in [-0.25, -0.2) is 9.18 Å². The molecule has 21 heavy (non-hydrogen) atoms. The van der Waals surface area contributed by atoms with Crippen molar-refractivity contribution in [2.75, 3.05) is 12.3 Å². The summed E-state index contributed by atoms with van der Waals surface area (Å²) >= 11 is 5.77. The number of benzene rings is 1. The molecular formula is C14H12ClFN2O3. The number of hydrogen-bond acceptors (Lipinski definition) is 5. The Hall–Kier alpha value is -2.34. The fraction of sp³-hybridized carbons (Fsp3) is 0.143. The van der Waals surface area contributed by atoms with Gasteiger partial charge in [-0.15, -0.1) is 0 Å². The van der Waals surface area contributed by atoms with Gasteiger partial charge in [0.2, 0.25) is 0 Å². The number of hydrogen-bond donors (Lipinski definition) is 1. The van der Waals surface area contributed by atoms with Gasteiger partial charge in [-0.1, -0.05) is 11.6 Å². The van der Waals surface area contributed by atoms with Crippen molar-refractivity contribution in [1.82, 2.24) is 4.98 Å². The van der Waals surface area contributed by atoms with Gasteiger partial charge in [0.15, 0.2) is 11.6 Å². The number of esters is 1. The van der Waals surface area contributed by atoms with Gasteiger partial charge in [-0.2, -0.15) is 0 Å². The summed E-state index contributed by atoms with van der Waals surface area (Å²) in [7, 11) is 0. The summed E-state index contributed by atoms with van der Waals surface area (Å²) in [5, 5.41) is 0.342. The second-order valence-corrected chi connectivity index (χ2v) is 4.47. The van der Waals surface area contributed by atoms with E-state index in [0.717, 1.165) is 6.07 Å². The maximum Gasteiger partial charge on any atom is 0.340 e. The summed E-state index contributed by atoms with van der Waals surface area (Å²) in [6.07, 6.45) is 2.78. The number of anilines is 1. The molecule has 0 aliphatic heterocycles. The SMILES string of the molecule is CCOC(=O)c1cc(Oc2cncc(Cl)c2)c(F)cc1N. The molecule has 110 valence electrons. The lowest BCUT2D eigenvalue weighted by Crippen LogP contribution is -2.09. The molecule has 0 saturated heterocycles. The van der Waals surface area contributed by atoms with Crippen molar-refractivity contribution < 1.29 is 18.7 Å². The summed E-state index contributed by atoms with van der Waals surface area (Å²) in [6.45, 7) is 1.84. The molecule has 0 amide bonds. The minimum Gasteiger partial charge on any atom is -0.462 e. The second kappa shape index (κ2) is 6.41. The molecule has 0 bridgehead atoms. The molecular weight excluding hydrogens is 299 g/mol. The average Bonchev–Trinajstić information content (AvgIpc) is 2.42. The van der Waals surface area contributed by atoms with Crippen molar-refractivity contribution >= 4 is 23.3 Å². The molecule has 0 saturated carbocycles. The lowest BCUT2D eigenvalue weighted by Gasteiger charge is -2.10. The van der Waals surface area contributed by atoms with Gasteiger partial charge >= 0.3 is 5.97 Å². The van der Waals surface area contributed by atoms with Gasteiger partial charge in [-0.05, 0) is 6.92 Å². The quantitative estimate of drug-likeness (QED) is 0.691. The third-order valence-corrected chi connectivity index (χ3v) is 2.71. The molecule has 0 spiro atoms. The van der Waals surface area contributed by atoms with Crippen LogP contribution in [0, 0.1) is 5.82 Å². The van der Waals surface area contributed by atoms with Gasteiger partial charge in [-0.3, -0.25) is 4.98 Å². The number of carbonyl (C=O) groups is 1. The first-order chi connectivity index (χ1) is 10.0. The van der Waals surface area contributed by atoms with Crippen LogP contribution in [-0.4, -0.2) is 17.6 Å². The molecule has 0 unspecified atom stereocenters. The topological polar surface area (TPSA) is 74.4 Å². The molecule has 2 N–H and O–H groups in total. The highest BCUT2D eigenvalue weighted by Crippen LogP contribution is 2.29. The van der Waals surface area contributed by atoms with Crippen LogP contribution >= 0.6 is 11.6 Å². The molecule has 7 heteroatoms. The Morgan fingerprint density at radius 1 is 1.38 bits per heavy atom. The number of rotatable bonds is 4. The molecule has 2 aromatic rings. The van der Waals surface area contributed by atoms with E-state index in [-0.39, 0.29) is 29.4 Å². The van der Waals surface area contributed by atoms with Crippen molar-refractivity contribution in [3.63, 3.8) is 0 Å². The van der Waals surface area contributed by atoms with E-state index in [2.05, 4.69) is 4.98 Å². The minimum absolute atomic E-state index is 0.0254. The third kappa shape index (κ3) is 3.61. The lowest BCUT2D eigenvalue weighted by molar-refractivity contribution is 0.0527. The summed E-state index contributed by atoms with van der Waals surface area (Å²) < 4.78 is 24.0. The van der Waals surface area contributed by atoms with Crippen LogP contribution in [0.1, 0.15) is 17.3 Å². The molecule has 0 aliphatic rings. The van der Waals surface area contributed by atoms with Crippen LogP contribution in [0.3, 0.4) is 0 Å². The van der Waals surface area contributed by atoms with E-state index in [0.29, 0.717) is 5.02 Å². The highest BCUT2D eigenvalue weighted by atomic mass is 35.5. The first kappa shape index (κ1) is 15.1. The van der Waals surface area contributed by atoms with E-state index in [1.165, 1.54) is 24.5 Å². The number of nitrogens with zero attached hydrogens (tertiary/aromatic N) is 1. The third-order valence-electron chi connectivity index (χ3n) is 2.51. The van der Waals surface area contributed by atoms with Crippen LogP contribution in [0.4, 0.5) is 10.1 Å². The van der Waals surface area contributed by atoms with Crippen LogP contribution in [0.5, 0.6) is 11.5 Å². The zero-order valence-corrected chi connectivity index (χ0v) is 11.9. The van der Waals surface area contributed by atoms with E-state index in [1.54, 1.807) is 6.92 Å². The first-order valence-electron chi connectivity index (χ1n) is 6.05. The van der Waals surface area contributed by atoms with E-state index in [9.17, 15) is 9.18 Å². The Labute approximate surface area is 125 Å². The Kier molecular flexibility index (Phi) is 4.59. The molecule has 0 atom stereocenters. The van der Waals surface area contributed by atoms with Crippen LogP contribution in [0.2, 0.25) is 5.02 Å². The maximum atomic E-state index is 13.9. The number of halogens is 2. The number of pyridine rings is 1. The molecule has 2 rings (SSSR count). The van der Waals surface area contributed by atoms with Crippen molar-refractivity contribution in [3.05, 3.63) is 47.0 Å². The van der Waals surface area contributed by atoms with E-state index >= 15 is 0 Å². The van der Waals surface area contributed by atoms with Gasteiger partial charge in [0.25, 0.3) is 0 Å². The monoisotopic (exact) mass is 310 g/mol. The standard InChI is InChI=1S/C14H12ClFN2O3/c1-2-20-14(19)10-4-13(11(16)5-12(10)17)21-9-3-8(15)6-18-7-9/h3-7H,2,17H2,1H3. The van der Waals surface area contributed by atoms with E-state index in [4.69, 9.17) is 26.8 Å². The lowest BCUT2D eigenvalue weighted by atomic mass is 10.1. The highest BCUT2D eigenvalue weighted by Gasteiger charge is 2.16. The largest absolute Gasteiger partial charge is 0.462 e. The van der Waals surface area contributed by atoms with E-state index < -0.39 is 11.8 Å². The number of nitrogens with two attached hydrogens (primary N) is 1. The van der Waals surface area contributed by atoms with E-state index in [1.807, 2.05) is 0 Å². The summed E-state index contributed by atoms with van der Waals surface area (Å²) in [4.78, 5) is 15.5. The summed E-state index contributed by atoms with van der Waals surface area (Å²) in [5.74, 6) is -1.29. The Morgan fingerprint density at radius 3 is 2.81 bits per heavy atom. The molecule has 1 aromatic carbocycles. The fourth-order valence-electron chi connectivity index (χ4n) is 1.61. The van der Waals surface area contributed by atoms with Crippen molar-refractivity contribution in [1.29, 1.82) is 0 Å². The van der Waals surface area contributed by atoms with Crippen molar-refractivity contribution in [2.24, 2.45) is 0 Å². The second-order valence-electron chi connectivity index (χ2n) is 4.03. The Morgan fingerprint density at radius 2 is 2.14 bits per heavy atom. The molecule has 0 aliphatic carbocycles. The Bertz CT molecular complexity index is 679. The average molecular weight is 311 g/mol. The fourth-order valence-corrected chi connectivity index (χ4v) is 1.77. The zero-order valence-electron chi connectivity index (χ0n) is 11.1. The zero-order chi connectivity index (χ0) is 15.4. The summed E-state index contributed by atoms with van der Waals surface area (Å²) in [5.41, 5.74) is 5.61. The summed E-state index contributed by atoms with van der Waals surface area (Å²) in [6, 6.07) is 3.65. The minimum atomic E-state index is -0.708. The van der Waals surface area contributed by atoms with Crippen molar-refractivity contribution in [3.8, 4) is 11.5 Å². The Balaban J connectivity index is 2.35. The van der Waals surface area contributed by atoms with Crippen molar-refractivity contribution in [2.45, 2.75) is 6.92 Å². The van der Waals surface area contributed by atoms with Crippen LogP contribution in [0.15, 0.2) is 30.6 Å². The molecule has 0 fully saturated rings. The van der Waals surface area contributed by atoms with Crippen LogP contribution in [0.25, 0.3) is 0 Å². The van der Waals surface area contributed by atoms with Crippen LogP contribution in [-0.2, 0) is 4.74 Å². The predicted octanol–water partition coefficient (Wildman–Crippen LogP) is 3.43. The first-order valence-corrected chi connectivity index (χ1v) is 6.43. The normalized spacial score (nSPS) is 10.2. The number of aromatic nitrogens is 1. The van der Waals surface area contributed by atoms with Gasteiger partial charge in [0.1, 0.15) is 5.75 Å². The smallest absolute Gasteiger partial charge is 0.340 e. The maximum absolute atomic E-state index is 13.9. The van der Waals surface area contributed by atoms with Crippen LogP contribution < -0.4 is 10.5 Å². The predicted molar refractivity (Wildman–Crippen MR) is 76.1 cm³/mol. The number of carbonyl (C=O) groups excluding carboxylic acids is 1. The molecule has 5 nitrogen and oxygen atoms in total. The molecule has 0 radical (unpaired) electrons. The number of ether oxygens (including phenoxy) is 2. The van der Waals surface area contributed by atoms with Gasteiger partial charge < -0.3 is 15.2 Å². The van der Waals surface area contributed by atoms with Gasteiger partial charge in [0.05, 0.1) is 23.4 Å². The molecule has 1 aromatic heterocycles. The highest BCUT2D eigenvalue weighted by molar-refractivity contribution is 6.30.